The first-order valence-electron chi connectivity index (χ1n) is 6.12. The smallest absolute Gasteiger partial charge is 0.261 e. The van der Waals surface area contributed by atoms with Crippen molar-refractivity contribution in [3.63, 3.8) is 0 Å². The zero-order chi connectivity index (χ0) is 13.8. The van der Waals surface area contributed by atoms with Crippen molar-refractivity contribution in [2.45, 2.75) is 26.9 Å². The van der Waals surface area contributed by atoms with E-state index >= 15 is 0 Å². The van der Waals surface area contributed by atoms with Gasteiger partial charge in [-0.15, -0.1) is 0 Å². The van der Waals surface area contributed by atoms with Gasteiger partial charge in [0.25, 0.3) is 5.91 Å². The van der Waals surface area contributed by atoms with E-state index < -0.39 is 0 Å². The molecule has 0 aliphatic carbocycles. The van der Waals surface area contributed by atoms with Gasteiger partial charge in [0.05, 0.1) is 12.3 Å². The van der Waals surface area contributed by atoms with Gasteiger partial charge in [-0.25, -0.2) is 0 Å². The molecule has 0 aliphatic rings. The molecule has 5 heteroatoms. The fraction of sp³-hybridized carbons (Fsp3) is 0.286. The molecule has 0 unspecified atom stereocenters. The molecule has 2 aromatic rings. The number of hydrogen-bond acceptors (Lipinski definition) is 4. The van der Waals surface area contributed by atoms with E-state index in [1.165, 1.54) is 0 Å². The fourth-order valence-electron chi connectivity index (χ4n) is 1.89. The number of aromatic nitrogens is 1. The maximum atomic E-state index is 12.2. The maximum Gasteiger partial charge on any atom is 0.261 e. The molecule has 2 rings (SSSR count). The number of nitrogens with zero attached hydrogens (tertiary/aromatic N) is 1. The number of aliphatic hydroxyl groups is 1. The number of carbonyl (C=O) groups is 1. The third kappa shape index (κ3) is 2.82. The van der Waals surface area contributed by atoms with Crippen LogP contribution in [0.25, 0.3) is 0 Å². The van der Waals surface area contributed by atoms with Gasteiger partial charge >= 0.3 is 0 Å². The highest BCUT2D eigenvalue weighted by molar-refractivity contribution is 6.05. The van der Waals surface area contributed by atoms with Crippen molar-refractivity contribution in [2.75, 3.05) is 5.32 Å². The Morgan fingerprint density at radius 1 is 1.47 bits per heavy atom. The molecule has 1 heterocycles. The van der Waals surface area contributed by atoms with E-state index in [-0.39, 0.29) is 12.5 Å². The molecule has 1 aromatic heterocycles. The van der Waals surface area contributed by atoms with Crippen LogP contribution in [0.4, 0.5) is 5.69 Å². The van der Waals surface area contributed by atoms with Crippen LogP contribution in [0.1, 0.15) is 34.3 Å². The van der Waals surface area contributed by atoms with Crippen LogP contribution in [0, 0.1) is 6.92 Å². The molecule has 0 radical (unpaired) electrons. The van der Waals surface area contributed by atoms with Gasteiger partial charge in [0.2, 0.25) is 0 Å². The summed E-state index contributed by atoms with van der Waals surface area (Å²) in [5.74, 6) is 0.332. The minimum atomic E-state index is -0.245. The lowest BCUT2D eigenvalue weighted by atomic mass is 10.1. The van der Waals surface area contributed by atoms with Crippen molar-refractivity contribution < 1.29 is 14.4 Å². The number of carbonyl (C=O) groups excluding carboxylic acids is 1. The van der Waals surface area contributed by atoms with Crippen molar-refractivity contribution in [3.8, 4) is 0 Å². The van der Waals surface area contributed by atoms with E-state index in [1.54, 1.807) is 31.2 Å². The maximum absolute atomic E-state index is 12.2. The number of benzene rings is 1. The molecule has 19 heavy (non-hydrogen) atoms. The molecule has 0 bridgehead atoms. The molecule has 1 aromatic carbocycles. The molecule has 100 valence electrons. The van der Waals surface area contributed by atoms with Crippen molar-refractivity contribution >= 4 is 11.6 Å². The summed E-state index contributed by atoms with van der Waals surface area (Å²) in [6, 6.07) is 7.07. The number of aliphatic hydroxyl groups excluding tert-OH is 1. The van der Waals surface area contributed by atoms with E-state index in [4.69, 9.17) is 9.63 Å². The summed E-state index contributed by atoms with van der Waals surface area (Å²) >= 11 is 0. The second-order valence-electron chi connectivity index (χ2n) is 4.23. The summed E-state index contributed by atoms with van der Waals surface area (Å²) in [7, 11) is 0. The van der Waals surface area contributed by atoms with Gasteiger partial charge in [0.1, 0.15) is 11.3 Å². The molecular weight excluding hydrogens is 244 g/mol. The second-order valence-corrected chi connectivity index (χ2v) is 4.23. The summed E-state index contributed by atoms with van der Waals surface area (Å²) in [6.45, 7) is 3.58. The Morgan fingerprint density at radius 2 is 2.26 bits per heavy atom. The highest BCUT2D eigenvalue weighted by atomic mass is 16.5. The van der Waals surface area contributed by atoms with Crippen LogP contribution in [0.3, 0.4) is 0 Å². The van der Waals surface area contributed by atoms with Crippen LogP contribution >= 0.6 is 0 Å². The zero-order valence-corrected chi connectivity index (χ0v) is 10.9. The zero-order valence-electron chi connectivity index (χ0n) is 10.9. The quantitative estimate of drug-likeness (QED) is 0.884. The largest absolute Gasteiger partial charge is 0.392 e. The van der Waals surface area contributed by atoms with E-state index in [2.05, 4.69) is 10.5 Å². The molecule has 0 saturated carbocycles. The molecule has 0 spiro atoms. The monoisotopic (exact) mass is 260 g/mol. The molecule has 0 saturated heterocycles. The van der Waals surface area contributed by atoms with Gasteiger partial charge in [-0.05, 0) is 24.6 Å². The van der Waals surface area contributed by atoms with Crippen molar-refractivity contribution in [1.29, 1.82) is 0 Å². The Balaban J connectivity index is 2.23. The number of nitrogens with one attached hydrogen (secondary N) is 1. The summed E-state index contributed by atoms with van der Waals surface area (Å²) < 4.78 is 5.10. The Labute approximate surface area is 111 Å². The van der Waals surface area contributed by atoms with Gasteiger partial charge in [0.15, 0.2) is 0 Å². The number of rotatable bonds is 4. The molecule has 1 amide bonds. The molecule has 2 N–H and O–H groups in total. The average molecular weight is 260 g/mol. The summed E-state index contributed by atoms with van der Waals surface area (Å²) in [5.41, 5.74) is 2.44. The van der Waals surface area contributed by atoms with E-state index in [0.29, 0.717) is 29.1 Å². The first kappa shape index (κ1) is 13.3. The van der Waals surface area contributed by atoms with Gasteiger partial charge < -0.3 is 14.9 Å². The second kappa shape index (κ2) is 5.67. The first-order valence-corrected chi connectivity index (χ1v) is 6.12. The molecule has 0 atom stereocenters. The van der Waals surface area contributed by atoms with Crippen LogP contribution in [-0.4, -0.2) is 16.2 Å². The van der Waals surface area contributed by atoms with Crippen LogP contribution < -0.4 is 5.32 Å². The lowest BCUT2D eigenvalue weighted by molar-refractivity contribution is 0.102. The van der Waals surface area contributed by atoms with Gasteiger partial charge in [-0.2, -0.15) is 0 Å². The minimum absolute atomic E-state index is 0.0593. The third-order valence-corrected chi connectivity index (χ3v) is 2.85. The number of aryl methyl sites for hydroxylation is 2. The van der Waals surface area contributed by atoms with Crippen LogP contribution in [0.15, 0.2) is 28.8 Å². The summed E-state index contributed by atoms with van der Waals surface area (Å²) in [5, 5.41) is 15.7. The van der Waals surface area contributed by atoms with Crippen LogP contribution in [0.5, 0.6) is 0 Å². The van der Waals surface area contributed by atoms with Crippen LogP contribution in [-0.2, 0) is 13.0 Å². The number of amides is 1. The van der Waals surface area contributed by atoms with Crippen molar-refractivity contribution in [1.82, 2.24) is 5.16 Å². The van der Waals surface area contributed by atoms with E-state index in [0.717, 1.165) is 5.56 Å². The van der Waals surface area contributed by atoms with Gasteiger partial charge in [-0.3, -0.25) is 4.79 Å². The van der Waals surface area contributed by atoms with Gasteiger partial charge in [-0.1, -0.05) is 24.2 Å². The lowest BCUT2D eigenvalue weighted by Crippen LogP contribution is -2.14. The highest BCUT2D eigenvalue weighted by Gasteiger charge is 2.19. The topological polar surface area (TPSA) is 75.4 Å². The Kier molecular flexibility index (Phi) is 3.97. The van der Waals surface area contributed by atoms with E-state index in [1.807, 2.05) is 6.92 Å². The lowest BCUT2D eigenvalue weighted by Gasteiger charge is -2.06. The minimum Gasteiger partial charge on any atom is -0.392 e. The Bertz CT molecular complexity index is 590. The van der Waals surface area contributed by atoms with Crippen LogP contribution in [0.2, 0.25) is 0 Å². The predicted molar refractivity (Wildman–Crippen MR) is 70.9 cm³/mol. The Morgan fingerprint density at radius 3 is 2.95 bits per heavy atom. The predicted octanol–water partition coefficient (Wildman–Crippen LogP) is 2.29. The average Bonchev–Trinajstić information content (AvgIpc) is 2.80. The third-order valence-electron chi connectivity index (χ3n) is 2.85. The molecule has 5 nitrogen and oxygen atoms in total. The SMILES string of the molecule is CCc1onc(C)c1C(=O)Nc1cccc(CO)c1. The Hall–Kier alpha value is -2.14. The molecule has 0 aliphatic heterocycles. The number of hydrogen-bond donors (Lipinski definition) is 2. The normalized spacial score (nSPS) is 10.5. The van der Waals surface area contributed by atoms with Gasteiger partial charge in [0, 0.05) is 12.1 Å². The van der Waals surface area contributed by atoms with E-state index in [9.17, 15) is 4.79 Å². The standard InChI is InChI=1S/C14H16N2O3/c1-3-12-13(9(2)16-19-12)14(18)15-11-6-4-5-10(7-11)8-17/h4-7,17H,3,8H2,1-2H3,(H,15,18). The first-order chi connectivity index (χ1) is 9.15. The molecular formula is C14H16N2O3. The fourth-order valence-corrected chi connectivity index (χ4v) is 1.89. The molecule has 0 fully saturated rings. The van der Waals surface area contributed by atoms with Crippen molar-refractivity contribution in [2.24, 2.45) is 0 Å². The summed E-state index contributed by atoms with van der Waals surface area (Å²) in [4.78, 5) is 12.2. The number of anilines is 1. The summed E-state index contributed by atoms with van der Waals surface area (Å²) in [6.07, 6.45) is 0.611. The van der Waals surface area contributed by atoms with Crippen molar-refractivity contribution in [3.05, 3.63) is 46.8 Å². The highest BCUT2D eigenvalue weighted by Crippen LogP contribution is 2.17.